The molecular weight excluding hydrogens is 376 g/mol. The van der Waals surface area contributed by atoms with Crippen molar-refractivity contribution in [1.82, 2.24) is 9.78 Å². The fourth-order valence-electron chi connectivity index (χ4n) is 3.69. The summed E-state index contributed by atoms with van der Waals surface area (Å²) in [6.07, 6.45) is 1.78. The number of aliphatic hydroxyl groups is 2. The van der Waals surface area contributed by atoms with Crippen molar-refractivity contribution < 1.29 is 14.9 Å². The van der Waals surface area contributed by atoms with Gasteiger partial charge in [-0.2, -0.15) is 5.10 Å². The first kappa shape index (κ1) is 19.0. The van der Waals surface area contributed by atoms with Crippen LogP contribution in [0.5, 0.6) is 5.75 Å². The van der Waals surface area contributed by atoms with Crippen LogP contribution >= 0.6 is 11.6 Å². The monoisotopic (exact) mass is 398 g/mol. The van der Waals surface area contributed by atoms with Gasteiger partial charge in [0, 0.05) is 10.6 Å². The van der Waals surface area contributed by atoms with Gasteiger partial charge in [-0.3, -0.25) is 0 Å². The number of hydrogen-bond donors (Lipinski definition) is 2. The minimum absolute atomic E-state index is 0.348. The van der Waals surface area contributed by atoms with Crippen LogP contribution in [0.3, 0.4) is 0 Å². The van der Waals surface area contributed by atoms with Crippen LogP contribution in [0.1, 0.15) is 31.4 Å². The molecule has 0 saturated heterocycles. The van der Waals surface area contributed by atoms with Gasteiger partial charge in [0.2, 0.25) is 0 Å². The number of halogens is 1. The summed E-state index contributed by atoms with van der Waals surface area (Å²) in [4.78, 5) is 0. The fraction of sp³-hybridized carbons (Fsp3) is 0.318. The molecule has 1 fully saturated rings. The average molecular weight is 399 g/mol. The normalized spacial score (nSPS) is 22.2. The van der Waals surface area contributed by atoms with Gasteiger partial charge >= 0.3 is 0 Å². The quantitative estimate of drug-likeness (QED) is 0.686. The Kier molecular flexibility index (Phi) is 5.15. The molecule has 1 aliphatic carbocycles. The predicted octanol–water partition coefficient (Wildman–Crippen LogP) is 4.32. The molecule has 0 atom stereocenters. The van der Waals surface area contributed by atoms with Crippen LogP contribution in [-0.2, 0) is 5.60 Å². The first-order valence-electron chi connectivity index (χ1n) is 9.40. The third-order valence-electron chi connectivity index (χ3n) is 5.43. The highest BCUT2D eigenvalue weighted by atomic mass is 35.5. The van der Waals surface area contributed by atoms with Gasteiger partial charge in [0.05, 0.1) is 30.3 Å². The molecule has 1 heterocycles. The van der Waals surface area contributed by atoms with E-state index in [0.717, 1.165) is 22.7 Å². The van der Waals surface area contributed by atoms with Gasteiger partial charge in [-0.05, 0) is 68.1 Å². The van der Waals surface area contributed by atoms with E-state index < -0.39 is 5.60 Å². The Bertz CT molecular complexity index is 943. The number of ether oxygens (including phenoxy) is 1. The number of aliphatic hydroxyl groups excluding tert-OH is 1. The number of rotatable bonds is 4. The smallest absolute Gasteiger partial charge is 0.119 e. The third-order valence-corrected chi connectivity index (χ3v) is 5.68. The average Bonchev–Trinajstić information content (AvgIpc) is 3.17. The van der Waals surface area contributed by atoms with Crippen molar-refractivity contribution in [3.63, 3.8) is 0 Å². The van der Waals surface area contributed by atoms with Crippen LogP contribution in [0.2, 0.25) is 5.02 Å². The molecule has 1 aromatic heterocycles. The summed E-state index contributed by atoms with van der Waals surface area (Å²) in [7, 11) is 1.63. The second kappa shape index (κ2) is 7.59. The Morgan fingerprint density at radius 2 is 1.71 bits per heavy atom. The molecule has 4 rings (SSSR count). The van der Waals surface area contributed by atoms with Crippen molar-refractivity contribution in [3.05, 3.63) is 65.3 Å². The van der Waals surface area contributed by atoms with E-state index in [4.69, 9.17) is 21.4 Å². The number of nitrogens with zero attached hydrogens (tertiary/aromatic N) is 2. The molecule has 0 radical (unpaired) electrons. The van der Waals surface area contributed by atoms with Gasteiger partial charge in [0.15, 0.2) is 0 Å². The van der Waals surface area contributed by atoms with Crippen LogP contribution < -0.4 is 4.74 Å². The summed E-state index contributed by atoms with van der Waals surface area (Å²) in [6.45, 7) is 0. The second-order valence-electron chi connectivity index (χ2n) is 7.29. The molecule has 2 N–H and O–H groups in total. The summed E-state index contributed by atoms with van der Waals surface area (Å²) < 4.78 is 7.09. The number of methoxy groups -OCH3 is 1. The zero-order valence-corrected chi connectivity index (χ0v) is 16.4. The maximum absolute atomic E-state index is 11.2. The minimum Gasteiger partial charge on any atom is -0.497 e. The lowest BCUT2D eigenvalue weighted by Crippen LogP contribution is -2.33. The molecule has 6 heteroatoms. The molecule has 28 heavy (non-hydrogen) atoms. The summed E-state index contributed by atoms with van der Waals surface area (Å²) >= 11 is 6.05. The van der Waals surface area contributed by atoms with Crippen molar-refractivity contribution in [2.45, 2.75) is 37.4 Å². The molecule has 1 aliphatic rings. The molecule has 0 spiro atoms. The highest BCUT2D eigenvalue weighted by Crippen LogP contribution is 2.38. The van der Waals surface area contributed by atoms with Gasteiger partial charge in [-0.15, -0.1) is 0 Å². The highest BCUT2D eigenvalue weighted by Gasteiger charge is 2.37. The van der Waals surface area contributed by atoms with Crippen molar-refractivity contribution in [2.24, 2.45) is 0 Å². The van der Waals surface area contributed by atoms with Gasteiger partial charge in [0.1, 0.15) is 11.4 Å². The van der Waals surface area contributed by atoms with E-state index in [2.05, 4.69) is 0 Å². The minimum atomic E-state index is -1.03. The molecular formula is C22H23ClN2O3. The van der Waals surface area contributed by atoms with E-state index in [9.17, 15) is 10.2 Å². The van der Waals surface area contributed by atoms with Gasteiger partial charge in [-0.1, -0.05) is 23.7 Å². The topological polar surface area (TPSA) is 67.5 Å². The SMILES string of the molecule is COc1ccc(-n2nc([C@]3(O)CC[C@H](O)CC3)cc2-c2ccc(Cl)cc2)cc1. The molecule has 2 aromatic carbocycles. The lowest BCUT2D eigenvalue weighted by Gasteiger charge is -2.32. The van der Waals surface area contributed by atoms with Crippen molar-refractivity contribution in [1.29, 1.82) is 0 Å². The molecule has 0 bridgehead atoms. The van der Waals surface area contributed by atoms with Crippen LogP contribution in [0.15, 0.2) is 54.6 Å². The number of benzene rings is 2. The zero-order valence-electron chi connectivity index (χ0n) is 15.7. The lowest BCUT2D eigenvalue weighted by atomic mass is 9.81. The Morgan fingerprint density at radius 1 is 1.07 bits per heavy atom. The lowest BCUT2D eigenvalue weighted by molar-refractivity contribution is -0.0393. The third kappa shape index (κ3) is 3.65. The number of aromatic nitrogens is 2. The van der Waals surface area contributed by atoms with E-state index in [1.807, 2.05) is 59.3 Å². The van der Waals surface area contributed by atoms with Crippen molar-refractivity contribution >= 4 is 11.6 Å². The van der Waals surface area contributed by atoms with Crippen LogP contribution in [0.25, 0.3) is 16.9 Å². The van der Waals surface area contributed by atoms with E-state index in [0.29, 0.717) is 36.4 Å². The molecule has 5 nitrogen and oxygen atoms in total. The van der Waals surface area contributed by atoms with E-state index in [-0.39, 0.29) is 6.10 Å². The second-order valence-corrected chi connectivity index (χ2v) is 7.73. The van der Waals surface area contributed by atoms with Gasteiger partial charge in [-0.25, -0.2) is 4.68 Å². The largest absolute Gasteiger partial charge is 0.497 e. The van der Waals surface area contributed by atoms with E-state index in [1.165, 1.54) is 0 Å². The Labute approximate surface area is 169 Å². The summed E-state index contributed by atoms with van der Waals surface area (Å²) in [6, 6.07) is 17.1. The molecule has 3 aromatic rings. The maximum Gasteiger partial charge on any atom is 0.119 e. The number of hydrogen-bond acceptors (Lipinski definition) is 4. The molecule has 0 amide bonds. The van der Waals surface area contributed by atoms with E-state index >= 15 is 0 Å². The standard InChI is InChI=1S/C22H23ClN2O3/c1-28-19-8-6-17(7-9-19)25-20(15-2-4-16(23)5-3-15)14-21(24-25)22(27)12-10-18(26)11-13-22/h2-9,14,18,26-27H,10-13H2,1H3/t18-,22-. The highest BCUT2D eigenvalue weighted by molar-refractivity contribution is 6.30. The van der Waals surface area contributed by atoms with Crippen LogP contribution in [0.4, 0.5) is 0 Å². The summed E-state index contributed by atoms with van der Waals surface area (Å²) in [5.41, 5.74) is 2.30. The molecule has 1 saturated carbocycles. The Hall–Kier alpha value is -2.34. The summed E-state index contributed by atoms with van der Waals surface area (Å²) in [5.74, 6) is 0.768. The first-order valence-corrected chi connectivity index (χ1v) is 9.78. The predicted molar refractivity (Wildman–Crippen MR) is 109 cm³/mol. The molecule has 0 aliphatic heterocycles. The molecule has 146 valence electrons. The van der Waals surface area contributed by atoms with Gasteiger partial charge in [0.25, 0.3) is 0 Å². The van der Waals surface area contributed by atoms with Gasteiger partial charge < -0.3 is 14.9 Å². The van der Waals surface area contributed by atoms with Crippen LogP contribution in [-0.4, -0.2) is 33.2 Å². The Morgan fingerprint density at radius 3 is 2.32 bits per heavy atom. The maximum atomic E-state index is 11.2. The van der Waals surface area contributed by atoms with Crippen LogP contribution in [0, 0.1) is 0 Å². The van der Waals surface area contributed by atoms with E-state index in [1.54, 1.807) is 7.11 Å². The zero-order chi connectivity index (χ0) is 19.7. The fourth-order valence-corrected chi connectivity index (χ4v) is 3.82. The summed E-state index contributed by atoms with van der Waals surface area (Å²) in [5, 5.41) is 26.4. The first-order chi connectivity index (χ1) is 13.5. The Balaban J connectivity index is 1.80. The molecule has 0 unspecified atom stereocenters. The van der Waals surface area contributed by atoms with Crippen molar-refractivity contribution in [3.8, 4) is 22.7 Å². The van der Waals surface area contributed by atoms with Crippen molar-refractivity contribution in [2.75, 3.05) is 7.11 Å².